The summed E-state index contributed by atoms with van der Waals surface area (Å²) in [4.78, 5) is 33.9. The molecule has 1 saturated heterocycles. The number of hydrogen-bond acceptors (Lipinski definition) is 3. The molecule has 1 heterocycles. The van der Waals surface area contributed by atoms with Gasteiger partial charge in [-0.05, 0) is 24.1 Å². The molecule has 1 aromatic rings. The second-order valence-electron chi connectivity index (χ2n) is 4.32. The van der Waals surface area contributed by atoms with Crippen LogP contribution in [0.15, 0.2) is 24.3 Å². The highest BCUT2D eigenvalue weighted by Gasteiger charge is 2.30. The topological polar surface area (TPSA) is 87.3 Å². The van der Waals surface area contributed by atoms with Crippen molar-refractivity contribution in [2.75, 3.05) is 5.32 Å². The van der Waals surface area contributed by atoms with E-state index in [2.05, 4.69) is 16.0 Å². The van der Waals surface area contributed by atoms with E-state index in [4.69, 9.17) is 0 Å². The third-order valence-electron chi connectivity index (χ3n) is 2.78. The highest BCUT2D eigenvalue weighted by atomic mass is 16.2. The van der Waals surface area contributed by atoms with Crippen LogP contribution in [-0.4, -0.2) is 17.8 Å². The number of carbonyl (C=O) groups is 3. The zero-order valence-electron chi connectivity index (χ0n) is 10.5. The summed E-state index contributed by atoms with van der Waals surface area (Å²) in [5, 5.41) is 7.44. The van der Waals surface area contributed by atoms with E-state index in [0.717, 1.165) is 6.42 Å². The Balaban J connectivity index is 2.04. The Morgan fingerprint density at radius 2 is 1.95 bits per heavy atom. The molecule has 0 aliphatic carbocycles. The number of anilines is 1. The largest absolute Gasteiger partial charge is 0.326 e. The van der Waals surface area contributed by atoms with Gasteiger partial charge >= 0.3 is 6.03 Å². The Morgan fingerprint density at radius 1 is 1.26 bits per heavy atom. The lowest BCUT2D eigenvalue weighted by Crippen LogP contribution is -2.22. The second-order valence-corrected chi connectivity index (χ2v) is 4.32. The molecule has 0 aromatic heterocycles. The lowest BCUT2D eigenvalue weighted by Gasteiger charge is -2.09. The summed E-state index contributed by atoms with van der Waals surface area (Å²) in [6.07, 6.45) is 1.26. The average Bonchev–Trinajstić information content (AvgIpc) is 2.70. The highest BCUT2D eigenvalue weighted by molar-refractivity contribution is 6.04. The molecule has 0 radical (unpaired) electrons. The van der Waals surface area contributed by atoms with Crippen molar-refractivity contribution in [1.82, 2.24) is 10.6 Å². The van der Waals surface area contributed by atoms with Crippen molar-refractivity contribution in [3.63, 3.8) is 0 Å². The molecule has 4 amide bonds. The first-order chi connectivity index (χ1) is 9.10. The van der Waals surface area contributed by atoms with Gasteiger partial charge in [-0.3, -0.25) is 14.9 Å². The molecule has 2 rings (SSSR count). The summed E-state index contributed by atoms with van der Waals surface area (Å²) in [6.45, 7) is 1.93. The summed E-state index contributed by atoms with van der Waals surface area (Å²) >= 11 is 0. The van der Waals surface area contributed by atoms with Crippen molar-refractivity contribution in [1.29, 1.82) is 0 Å². The first-order valence-corrected chi connectivity index (χ1v) is 6.11. The van der Waals surface area contributed by atoms with Crippen LogP contribution in [-0.2, 0) is 9.59 Å². The van der Waals surface area contributed by atoms with E-state index in [-0.39, 0.29) is 11.8 Å². The molecule has 1 unspecified atom stereocenters. The van der Waals surface area contributed by atoms with Crippen molar-refractivity contribution in [2.45, 2.75) is 25.8 Å². The van der Waals surface area contributed by atoms with Crippen LogP contribution >= 0.6 is 0 Å². The molecule has 6 nitrogen and oxygen atoms in total. The third-order valence-corrected chi connectivity index (χ3v) is 2.78. The standard InChI is InChI=1S/C13H15N3O3/c1-2-3-10(17)14-9-6-4-8(5-7-9)11-12(18)16-13(19)15-11/h4-7,11H,2-3H2,1H3,(H,14,17)(H2,15,16,18,19). The van der Waals surface area contributed by atoms with Gasteiger partial charge in [-0.15, -0.1) is 0 Å². The quantitative estimate of drug-likeness (QED) is 0.714. The number of urea groups is 1. The molecule has 1 aliphatic heterocycles. The summed E-state index contributed by atoms with van der Waals surface area (Å²) in [7, 11) is 0. The van der Waals surface area contributed by atoms with Crippen molar-refractivity contribution in [3.8, 4) is 0 Å². The van der Waals surface area contributed by atoms with Crippen molar-refractivity contribution < 1.29 is 14.4 Å². The summed E-state index contributed by atoms with van der Waals surface area (Å²) < 4.78 is 0. The Labute approximate surface area is 110 Å². The maximum absolute atomic E-state index is 11.5. The molecule has 1 fully saturated rings. The van der Waals surface area contributed by atoms with E-state index >= 15 is 0 Å². The normalized spacial score (nSPS) is 17.8. The Bertz CT molecular complexity index is 510. The fourth-order valence-corrected chi connectivity index (χ4v) is 1.86. The van der Waals surface area contributed by atoms with E-state index in [1.165, 1.54) is 0 Å². The van der Waals surface area contributed by atoms with Crippen molar-refractivity contribution in [3.05, 3.63) is 29.8 Å². The van der Waals surface area contributed by atoms with E-state index < -0.39 is 12.1 Å². The monoisotopic (exact) mass is 261 g/mol. The molecule has 1 aliphatic rings. The van der Waals surface area contributed by atoms with Crippen LogP contribution in [0.1, 0.15) is 31.4 Å². The maximum atomic E-state index is 11.5. The van der Waals surface area contributed by atoms with Crippen molar-refractivity contribution in [2.24, 2.45) is 0 Å². The smallest absolute Gasteiger partial charge is 0.322 e. The number of amides is 4. The van der Waals surface area contributed by atoms with Crippen LogP contribution in [0, 0.1) is 0 Å². The predicted molar refractivity (Wildman–Crippen MR) is 69.4 cm³/mol. The van der Waals surface area contributed by atoms with Gasteiger partial charge in [0.15, 0.2) is 0 Å². The number of benzene rings is 1. The second kappa shape index (κ2) is 5.51. The van der Waals surface area contributed by atoms with Crippen molar-refractivity contribution >= 4 is 23.5 Å². The predicted octanol–water partition coefficient (Wildman–Crippen LogP) is 1.31. The minimum atomic E-state index is -0.659. The summed E-state index contributed by atoms with van der Waals surface area (Å²) in [5.74, 6) is -0.407. The van der Waals surface area contributed by atoms with Crippen LogP contribution in [0.4, 0.5) is 10.5 Å². The molecule has 0 saturated carbocycles. The van der Waals surface area contributed by atoms with Gasteiger partial charge in [-0.2, -0.15) is 0 Å². The minimum absolute atomic E-state index is 0.0397. The Kier molecular flexibility index (Phi) is 3.79. The third kappa shape index (κ3) is 3.09. The molecule has 19 heavy (non-hydrogen) atoms. The zero-order valence-corrected chi connectivity index (χ0v) is 10.5. The first-order valence-electron chi connectivity index (χ1n) is 6.11. The van der Waals surface area contributed by atoms with Crippen LogP contribution < -0.4 is 16.0 Å². The fraction of sp³-hybridized carbons (Fsp3) is 0.308. The molecule has 6 heteroatoms. The van der Waals surface area contributed by atoms with Crippen LogP contribution in [0.25, 0.3) is 0 Å². The summed E-state index contributed by atoms with van der Waals surface area (Å²) in [5.41, 5.74) is 1.35. The van der Waals surface area contributed by atoms with Gasteiger partial charge in [0, 0.05) is 12.1 Å². The molecule has 0 spiro atoms. The lowest BCUT2D eigenvalue weighted by molar-refractivity contribution is -0.120. The van der Waals surface area contributed by atoms with Gasteiger partial charge in [0.1, 0.15) is 6.04 Å². The van der Waals surface area contributed by atoms with Crippen LogP contribution in [0.2, 0.25) is 0 Å². The van der Waals surface area contributed by atoms with E-state index in [0.29, 0.717) is 17.7 Å². The molecule has 0 bridgehead atoms. The Hall–Kier alpha value is -2.37. The van der Waals surface area contributed by atoms with Gasteiger partial charge in [0.25, 0.3) is 5.91 Å². The van der Waals surface area contributed by atoms with Gasteiger partial charge in [-0.1, -0.05) is 19.1 Å². The maximum Gasteiger partial charge on any atom is 0.322 e. The number of imide groups is 1. The molecule has 1 aromatic carbocycles. The molecule has 3 N–H and O–H groups in total. The van der Waals surface area contributed by atoms with E-state index in [1.807, 2.05) is 6.92 Å². The van der Waals surface area contributed by atoms with E-state index in [9.17, 15) is 14.4 Å². The zero-order chi connectivity index (χ0) is 13.8. The fourth-order valence-electron chi connectivity index (χ4n) is 1.86. The Morgan fingerprint density at radius 3 is 2.47 bits per heavy atom. The van der Waals surface area contributed by atoms with E-state index in [1.54, 1.807) is 24.3 Å². The number of hydrogen-bond donors (Lipinski definition) is 3. The SMILES string of the molecule is CCCC(=O)Nc1ccc(C2NC(=O)NC2=O)cc1. The number of rotatable bonds is 4. The molecular weight excluding hydrogens is 246 g/mol. The van der Waals surface area contributed by atoms with Gasteiger partial charge in [0.2, 0.25) is 5.91 Å². The van der Waals surface area contributed by atoms with Gasteiger partial charge < -0.3 is 10.6 Å². The summed E-state index contributed by atoms with van der Waals surface area (Å²) in [6, 6.07) is 5.68. The molecular formula is C13H15N3O3. The number of carbonyl (C=O) groups excluding carboxylic acids is 3. The highest BCUT2D eigenvalue weighted by Crippen LogP contribution is 2.19. The average molecular weight is 261 g/mol. The first kappa shape index (κ1) is 13.1. The molecule has 1 atom stereocenters. The van der Waals surface area contributed by atoms with Gasteiger partial charge in [0.05, 0.1) is 0 Å². The number of nitrogens with one attached hydrogen (secondary N) is 3. The lowest BCUT2D eigenvalue weighted by atomic mass is 10.1. The van der Waals surface area contributed by atoms with Crippen LogP contribution in [0.3, 0.4) is 0 Å². The molecule has 100 valence electrons. The van der Waals surface area contributed by atoms with Gasteiger partial charge in [-0.25, -0.2) is 4.79 Å². The minimum Gasteiger partial charge on any atom is -0.326 e. The van der Waals surface area contributed by atoms with Crippen LogP contribution in [0.5, 0.6) is 0 Å².